The Balaban J connectivity index is 1.55. The van der Waals surface area contributed by atoms with Crippen molar-refractivity contribution in [3.8, 4) is 0 Å². The van der Waals surface area contributed by atoms with Gasteiger partial charge in [-0.25, -0.2) is 0 Å². The first-order valence-electron chi connectivity index (χ1n) is 10.8. The highest BCUT2D eigenvalue weighted by atomic mass is 16.5. The first-order chi connectivity index (χ1) is 13.8. The summed E-state index contributed by atoms with van der Waals surface area (Å²) in [5.74, 6) is 1.36. The van der Waals surface area contributed by atoms with E-state index in [-0.39, 0.29) is 6.10 Å². The van der Waals surface area contributed by atoms with Gasteiger partial charge < -0.3 is 20.1 Å². The molecule has 2 heterocycles. The predicted octanol–water partition coefficient (Wildman–Crippen LogP) is 2.43. The van der Waals surface area contributed by atoms with Gasteiger partial charge in [0, 0.05) is 44.7 Å². The molecule has 0 spiro atoms. The van der Waals surface area contributed by atoms with E-state index in [1.165, 1.54) is 12.0 Å². The van der Waals surface area contributed by atoms with Crippen molar-refractivity contribution in [3.63, 3.8) is 0 Å². The molecule has 2 aliphatic rings. The van der Waals surface area contributed by atoms with Crippen LogP contribution in [0.5, 0.6) is 0 Å². The number of nitrogens with zero attached hydrogens (tertiary/aromatic N) is 2. The Labute approximate surface area is 169 Å². The molecule has 0 saturated carbocycles. The SMILES string of the molecule is CCNC(=NCC(C)N1CCOCC1)NCC1CCCOC1c1ccccc1. The van der Waals surface area contributed by atoms with Crippen molar-refractivity contribution in [1.82, 2.24) is 15.5 Å². The molecule has 0 aromatic heterocycles. The summed E-state index contributed by atoms with van der Waals surface area (Å²) in [6.45, 7) is 11.4. The summed E-state index contributed by atoms with van der Waals surface area (Å²) in [4.78, 5) is 7.30. The molecule has 0 bridgehead atoms. The van der Waals surface area contributed by atoms with Crippen molar-refractivity contribution in [2.75, 3.05) is 52.5 Å². The van der Waals surface area contributed by atoms with Gasteiger partial charge in [0.2, 0.25) is 0 Å². The Morgan fingerprint density at radius 3 is 2.71 bits per heavy atom. The fraction of sp³-hybridized carbons (Fsp3) is 0.682. The first kappa shape index (κ1) is 21.1. The summed E-state index contributed by atoms with van der Waals surface area (Å²) in [7, 11) is 0. The molecule has 0 amide bonds. The molecule has 3 rings (SSSR count). The molecule has 3 unspecified atom stereocenters. The van der Waals surface area contributed by atoms with Gasteiger partial charge in [0.25, 0.3) is 0 Å². The van der Waals surface area contributed by atoms with E-state index >= 15 is 0 Å². The molecule has 1 aromatic rings. The van der Waals surface area contributed by atoms with E-state index in [4.69, 9.17) is 14.5 Å². The standard InChI is InChI=1S/C22H36N4O2/c1-3-23-22(24-16-18(2)26-11-14-27-15-12-26)25-17-20-10-7-13-28-21(20)19-8-5-4-6-9-19/h4-6,8-9,18,20-21H,3,7,10-17H2,1-2H3,(H2,23,24,25). The fourth-order valence-corrected chi connectivity index (χ4v) is 3.99. The molecular weight excluding hydrogens is 352 g/mol. The quantitative estimate of drug-likeness (QED) is 0.555. The average Bonchev–Trinajstić information content (AvgIpc) is 2.77. The molecule has 3 atom stereocenters. The molecule has 2 N–H and O–H groups in total. The van der Waals surface area contributed by atoms with Gasteiger partial charge in [-0.05, 0) is 32.3 Å². The van der Waals surface area contributed by atoms with Crippen LogP contribution < -0.4 is 10.6 Å². The molecule has 156 valence electrons. The van der Waals surface area contributed by atoms with Crippen molar-refractivity contribution in [2.24, 2.45) is 10.9 Å². The van der Waals surface area contributed by atoms with Crippen LogP contribution in [0.2, 0.25) is 0 Å². The zero-order valence-electron chi connectivity index (χ0n) is 17.4. The molecule has 0 aliphatic carbocycles. The van der Waals surface area contributed by atoms with Gasteiger partial charge >= 0.3 is 0 Å². The van der Waals surface area contributed by atoms with Crippen LogP contribution in [0.1, 0.15) is 38.4 Å². The highest BCUT2D eigenvalue weighted by Crippen LogP contribution is 2.33. The van der Waals surface area contributed by atoms with E-state index in [1.807, 2.05) is 0 Å². The van der Waals surface area contributed by atoms with Crippen molar-refractivity contribution < 1.29 is 9.47 Å². The zero-order chi connectivity index (χ0) is 19.6. The first-order valence-corrected chi connectivity index (χ1v) is 10.8. The zero-order valence-corrected chi connectivity index (χ0v) is 17.4. The van der Waals surface area contributed by atoms with Crippen molar-refractivity contribution in [3.05, 3.63) is 35.9 Å². The molecule has 2 saturated heterocycles. The summed E-state index contributed by atoms with van der Waals surface area (Å²) >= 11 is 0. The maximum atomic E-state index is 6.13. The van der Waals surface area contributed by atoms with E-state index in [2.05, 4.69) is 59.7 Å². The minimum absolute atomic E-state index is 0.164. The number of guanidine groups is 1. The summed E-state index contributed by atoms with van der Waals surface area (Å²) in [6, 6.07) is 11.0. The van der Waals surface area contributed by atoms with Crippen molar-refractivity contribution >= 4 is 5.96 Å². The summed E-state index contributed by atoms with van der Waals surface area (Å²) in [5, 5.41) is 6.95. The number of aliphatic imine (C=N–C) groups is 1. The minimum Gasteiger partial charge on any atom is -0.379 e. The lowest BCUT2D eigenvalue weighted by Crippen LogP contribution is -2.45. The molecule has 0 radical (unpaired) electrons. The maximum Gasteiger partial charge on any atom is 0.191 e. The average molecular weight is 389 g/mol. The largest absolute Gasteiger partial charge is 0.379 e. The Hall–Kier alpha value is -1.63. The monoisotopic (exact) mass is 388 g/mol. The normalized spacial score (nSPS) is 25.3. The molecule has 28 heavy (non-hydrogen) atoms. The van der Waals surface area contributed by atoms with E-state index in [0.717, 1.165) is 64.9 Å². The molecule has 2 aliphatic heterocycles. The Morgan fingerprint density at radius 1 is 1.18 bits per heavy atom. The number of morpholine rings is 1. The summed E-state index contributed by atoms with van der Waals surface area (Å²) in [5.41, 5.74) is 1.27. The van der Waals surface area contributed by atoms with Crippen LogP contribution in [0.4, 0.5) is 0 Å². The molecule has 6 heteroatoms. The third-order valence-corrected chi connectivity index (χ3v) is 5.63. The molecule has 2 fully saturated rings. The summed E-state index contributed by atoms with van der Waals surface area (Å²) < 4.78 is 11.6. The van der Waals surface area contributed by atoms with Gasteiger partial charge in [-0.15, -0.1) is 0 Å². The third kappa shape index (κ3) is 6.19. The molecule has 6 nitrogen and oxygen atoms in total. The van der Waals surface area contributed by atoms with Gasteiger partial charge in [-0.3, -0.25) is 9.89 Å². The fourth-order valence-electron chi connectivity index (χ4n) is 3.99. The molecule has 1 aromatic carbocycles. The third-order valence-electron chi connectivity index (χ3n) is 5.63. The van der Waals surface area contributed by atoms with Crippen LogP contribution in [0.25, 0.3) is 0 Å². The van der Waals surface area contributed by atoms with Crippen LogP contribution in [-0.4, -0.2) is 69.4 Å². The van der Waals surface area contributed by atoms with Gasteiger partial charge in [0.05, 0.1) is 25.9 Å². The van der Waals surface area contributed by atoms with Crippen LogP contribution >= 0.6 is 0 Å². The topological polar surface area (TPSA) is 58.1 Å². The van der Waals surface area contributed by atoms with Gasteiger partial charge in [-0.2, -0.15) is 0 Å². The Morgan fingerprint density at radius 2 is 1.96 bits per heavy atom. The lowest BCUT2D eigenvalue weighted by Gasteiger charge is -2.33. The van der Waals surface area contributed by atoms with E-state index in [1.54, 1.807) is 0 Å². The second kappa shape index (κ2) is 11.4. The number of hydrogen-bond donors (Lipinski definition) is 2. The predicted molar refractivity (Wildman–Crippen MR) is 114 cm³/mol. The Kier molecular flexibility index (Phi) is 8.58. The minimum atomic E-state index is 0.164. The highest BCUT2D eigenvalue weighted by Gasteiger charge is 2.27. The number of ether oxygens (including phenoxy) is 2. The van der Waals surface area contributed by atoms with E-state index in [0.29, 0.717) is 12.0 Å². The lowest BCUT2D eigenvalue weighted by atomic mass is 9.89. The van der Waals surface area contributed by atoms with Crippen LogP contribution in [-0.2, 0) is 9.47 Å². The number of rotatable bonds is 7. The van der Waals surface area contributed by atoms with Crippen LogP contribution in [0, 0.1) is 5.92 Å². The van der Waals surface area contributed by atoms with Gasteiger partial charge in [-0.1, -0.05) is 30.3 Å². The molecular formula is C22H36N4O2. The number of benzene rings is 1. The lowest BCUT2D eigenvalue weighted by molar-refractivity contribution is -0.0265. The van der Waals surface area contributed by atoms with Crippen LogP contribution in [0.15, 0.2) is 35.3 Å². The van der Waals surface area contributed by atoms with Gasteiger partial charge in [0.1, 0.15) is 0 Å². The van der Waals surface area contributed by atoms with Crippen LogP contribution in [0.3, 0.4) is 0 Å². The van der Waals surface area contributed by atoms with Crippen molar-refractivity contribution in [2.45, 2.75) is 38.8 Å². The Bertz CT molecular complexity index is 589. The van der Waals surface area contributed by atoms with E-state index < -0.39 is 0 Å². The maximum absolute atomic E-state index is 6.13. The second-order valence-electron chi connectivity index (χ2n) is 7.70. The summed E-state index contributed by atoms with van der Waals surface area (Å²) in [6.07, 6.45) is 2.46. The highest BCUT2D eigenvalue weighted by molar-refractivity contribution is 5.79. The number of nitrogens with one attached hydrogen (secondary N) is 2. The second-order valence-corrected chi connectivity index (χ2v) is 7.70. The van der Waals surface area contributed by atoms with Crippen molar-refractivity contribution in [1.29, 1.82) is 0 Å². The van der Waals surface area contributed by atoms with Gasteiger partial charge in [0.15, 0.2) is 5.96 Å². The smallest absolute Gasteiger partial charge is 0.191 e. The van der Waals surface area contributed by atoms with E-state index in [9.17, 15) is 0 Å². The number of hydrogen-bond acceptors (Lipinski definition) is 4.